The molecule has 0 atom stereocenters. The maximum Gasteiger partial charge on any atom is 0.325 e. The van der Waals surface area contributed by atoms with E-state index >= 15 is 0 Å². The highest BCUT2D eigenvalue weighted by molar-refractivity contribution is 5.81. The summed E-state index contributed by atoms with van der Waals surface area (Å²) in [6, 6.07) is 5.94. The van der Waals surface area contributed by atoms with Gasteiger partial charge >= 0.3 is 5.97 Å². The number of hydrogen-bond acceptors (Lipinski definition) is 4. The number of hydrogen-bond donors (Lipinski definition) is 0. The van der Waals surface area contributed by atoms with Crippen LogP contribution in [0.3, 0.4) is 0 Å². The van der Waals surface area contributed by atoms with E-state index in [2.05, 4.69) is 4.74 Å². The minimum absolute atomic E-state index is 0.0429. The fourth-order valence-electron chi connectivity index (χ4n) is 1.65. The van der Waals surface area contributed by atoms with Crippen molar-refractivity contribution >= 4 is 11.9 Å². The van der Waals surface area contributed by atoms with Gasteiger partial charge in [0.1, 0.15) is 12.3 Å². The molecule has 1 aromatic carbocycles. The van der Waals surface area contributed by atoms with Crippen LogP contribution in [-0.4, -0.2) is 44.1 Å². The fraction of sp³-hybridized carbons (Fsp3) is 0.467. The molecule has 0 spiro atoms. The van der Waals surface area contributed by atoms with Crippen molar-refractivity contribution in [1.82, 2.24) is 4.90 Å². The van der Waals surface area contributed by atoms with Crippen LogP contribution in [-0.2, 0) is 14.3 Å². The average Bonchev–Trinajstić information content (AvgIpc) is 2.42. The van der Waals surface area contributed by atoms with E-state index in [1.165, 1.54) is 12.0 Å². The number of carbonyl (C=O) groups excluding carboxylic acids is 2. The minimum atomic E-state index is -0.434. The van der Waals surface area contributed by atoms with Gasteiger partial charge in [0, 0.05) is 7.05 Å². The second kappa shape index (κ2) is 7.53. The van der Waals surface area contributed by atoms with Crippen molar-refractivity contribution in [2.75, 3.05) is 27.3 Å². The number of benzene rings is 1. The molecule has 1 rings (SSSR count). The predicted octanol–water partition coefficient (Wildman–Crippen LogP) is 1.70. The number of likely N-dealkylation sites (N-methyl/N-ethyl adjacent to an activating group) is 1. The van der Waals surface area contributed by atoms with Gasteiger partial charge in [-0.15, -0.1) is 0 Å². The molecule has 5 nitrogen and oxygen atoms in total. The Morgan fingerprint density at radius 1 is 1.25 bits per heavy atom. The van der Waals surface area contributed by atoms with E-state index in [9.17, 15) is 9.59 Å². The van der Waals surface area contributed by atoms with E-state index in [0.29, 0.717) is 0 Å². The van der Waals surface area contributed by atoms with Crippen molar-refractivity contribution in [2.24, 2.45) is 0 Å². The molecule has 1 aromatic rings. The number of nitrogens with zero attached hydrogens (tertiary/aromatic N) is 1. The molecule has 1 amide bonds. The van der Waals surface area contributed by atoms with Crippen LogP contribution in [0.1, 0.15) is 17.5 Å². The van der Waals surface area contributed by atoms with E-state index in [4.69, 9.17) is 4.74 Å². The van der Waals surface area contributed by atoms with Gasteiger partial charge in [-0.3, -0.25) is 9.59 Å². The van der Waals surface area contributed by atoms with Crippen molar-refractivity contribution < 1.29 is 19.1 Å². The third-order valence-electron chi connectivity index (χ3n) is 2.94. The molecule has 0 aliphatic carbocycles. The van der Waals surface area contributed by atoms with E-state index in [1.807, 2.05) is 32.0 Å². The van der Waals surface area contributed by atoms with Crippen LogP contribution in [0.4, 0.5) is 0 Å². The van der Waals surface area contributed by atoms with Crippen molar-refractivity contribution in [3.05, 3.63) is 29.3 Å². The van der Waals surface area contributed by atoms with Crippen LogP contribution in [0.2, 0.25) is 0 Å². The van der Waals surface area contributed by atoms with Crippen LogP contribution >= 0.6 is 0 Å². The van der Waals surface area contributed by atoms with Crippen molar-refractivity contribution in [3.63, 3.8) is 0 Å². The van der Waals surface area contributed by atoms with Crippen molar-refractivity contribution in [1.29, 1.82) is 0 Å². The summed E-state index contributed by atoms with van der Waals surface area (Å²) < 4.78 is 10.1. The number of methoxy groups -OCH3 is 1. The maximum atomic E-state index is 11.8. The smallest absolute Gasteiger partial charge is 0.325 e. The zero-order chi connectivity index (χ0) is 15.1. The lowest BCUT2D eigenvalue weighted by molar-refractivity contribution is -0.146. The Hall–Kier alpha value is -2.04. The molecule has 20 heavy (non-hydrogen) atoms. The van der Waals surface area contributed by atoms with Gasteiger partial charge in [-0.05, 0) is 31.0 Å². The molecule has 0 bridgehead atoms. The molecular formula is C15H21NO4. The Morgan fingerprint density at radius 3 is 2.60 bits per heavy atom. The van der Waals surface area contributed by atoms with Gasteiger partial charge in [0.2, 0.25) is 5.91 Å². The number of aryl methyl sites for hydroxylation is 2. The van der Waals surface area contributed by atoms with Crippen molar-refractivity contribution in [2.45, 2.75) is 20.3 Å². The molecule has 0 fully saturated rings. The van der Waals surface area contributed by atoms with Gasteiger partial charge < -0.3 is 14.4 Å². The molecule has 0 aliphatic rings. The molecule has 0 N–H and O–H groups in total. The third kappa shape index (κ3) is 4.91. The Labute approximate surface area is 119 Å². The number of esters is 1. The zero-order valence-electron chi connectivity index (χ0n) is 12.4. The lowest BCUT2D eigenvalue weighted by Gasteiger charge is -2.16. The first-order valence-corrected chi connectivity index (χ1v) is 6.45. The van der Waals surface area contributed by atoms with Crippen LogP contribution < -0.4 is 4.74 Å². The fourth-order valence-corrected chi connectivity index (χ4v) is 1.65. The number of carbonyl (C=O) groups is 2. The number of rotatable bonds is 6. The first-order chi connectivity index (χ1) is 9.43. The molecule has 0 heterocycles. The Balaban J connectivity index is 2.42. The predicted molar refractivity (Wildman–Crippen MR) is 75.7 cm³/mol. The van der Waals surface area contributed by atoms with E-state index in [0.717, 1.165) is 16.9 Å². The largest absolute Gasteiger partial charge is 0.493 e. The summed E-state index contributed by atoms with van der Waals surface area (Å²) in [7, 11) is 2.86. The number of amides is 1. The van der Waals surface area contributed by atoms with E-state index in [-0.39, 0.29) is 25.5 Å². The normalized spacial score (nSPS) is 10.0. The van der Waals surface area contributed by atoms with Gasteiger partial charge in [-0.2, -0.15) is 0 Å². The monoisotopic (exact) mass is 279 g/mol. The summed E-state index contributed by atoms with van der Waals surface area (Å²) in [5, 5.41) is 0. The third-order valence-corrected chi connectivity index (χ3v) is 2.94. The van der Waals surface area contributed by atoms with Crippen LogP contribution in [0.5, 0.6) is 5.75 Å². The average molecular weight is 279 g/mol. The maximum absolute atomic E-state index is 11.8. The highest BCUT2D eigenvalue weighted by Gasteiger charge is 2.13. The lowest BCUT2D eigenvalue weighted by atomic mass is 10.1. The minimum Gasteiger partial charge on any atom is -0.493 e. The van der Waals surface area contributed by atoms with Gasteiger partial charge in [-0.1, -0.05) is 12.1 Å². The summed E-state index contributed by atoms with van der Waals surface area (Å²) >= 11 is 0. The second-order valence-electron chi connectivity index (χ2n) is 4.69. The molecule has 0 aliphatic heterocycles. The molecule has 0 saturated carbocycles. The highest BCUT2D eigenvalue weighted by atomic mass is 16.5. The van der Waals surface area contributed by atoms with Crippen LogP contribution in [0.25, 0.3) is 0 Å². The molecule has 5 heteroatoms. The van der Waals surface area contributed by atoms with E-state index in [1.54, 1.807) is 7.05 Å². The highest BCUT2D eigenvalue weighted by Crippen LogP contribution is 2.19. The Kier molecular flexibility index (Phi) is 6.03. The first kappa shape index (κ1) is 16.0. The van der Waals surface area contributed by atoms with Crippen LogP contribution in [0, 0.1) is 13.8 Å². The lowest BCUT2D eigenvalue weighted by Crippen LogP contribution is -2.33. The second-order valence-corrected chi connectivity index (χ2v) is 4.69. The Morgan fingerprint density at radius 2 is 1.95 bits per heavy atom. The standard InChI is InChI=1S/C15H21NO4/c1-11-5-6-12(2)13(9-11)20-8-7-14(17)16(3)10-15(18)19-4/h5-6,9H,7-8,10H2,1-4H3. The summed E-state index contributed by atoms with van der Waals surface area (Å²) in [6.45, 7) is 4.19. The zero-order valence-corrected chi connectivity index (χ0v) is 12.4. The summed E-state index contributed by atoms with van der Waals surface area (Å²) in [5.74, 6) is 0.199. The molecule has 0 radical (unpaired) electrons. The Bertz CT molecular complexity index is 485. The van der Waals surface area contributed by atoms with Gasteiger partial charge in [0.15, 0.2) is 0 Å². The number of ether oxygens (including phenoxy) is 2. The molecular weight excluding hydrogens is 258 g/mol. The topological polar surface area (TPSA) is 55.8 Å². The summed E-state index contributed by atoms with van der Waals surface area (Å²) in [6.07, 6.45) is 0.223. The molecule has 0 aromatic heterocycles. The molecule has 0 saturated heterocycles. The molecule has 110 valence electrons. The SMILES string of the molecule is COC(=O)CN(C)C(=O)CCOc1cc(C)ccc1C. The van der Waals surface area contributed by atoms with Gasteiger partial charge in [0.25, 0.3) is 0 Å². The van der Waals surface area contributed by atoms with Gasteiger partial charge in [-0.25, -0.2) is 0 Å². The summed E-state index contributed by atoms with van der Waals surface area (Å²) in [5.41, 5.74) is 2.14. The first-order valence-electron chi connectivity index (χ1n) is 6.45. The van der Waals surface area contributed by atoms with Gasteiger partial charge in [0.05, 0.1) is 20.1 Å². The van der Waals surface area contributed by atoms with E-state index < -0.39 is 5.97 Å². The molecule has 0 unspecified atom stereocenters. The quantitative estimate of drug-likeness (QED) is 0.744. The van der Waals surface area contributed by atoms with Crippen LogP contribution in [0.15, 0.2) is 18.2 Å². The summed E-state index contributed by atoms with van der Waals surface area (Å²) in [4.78, 5) is 24.2. The van der Waals surface area contributed by atoms with Crippen molar-refractivity contribution in [3.8, 4) is 5.75 Å².